The number of benzene rings is 1. The second-order valence-electron chi connectivity index (χ2n) is 2.70. The maximum atomic E-state index is 5.16. The van der Waals surface area contributed by atoms with E-state index in [1.165, 1.54) is 0 Å². The molecule has 0 saturated heterocycles. The van der Waals surface area contributed by atoms with Gasteiger partial charge in [0, 0.05) is 0 Å². The fourth-order valence-corrected chi connectivity index (χ4v) is 1.21. The summed E-state index contributed by atoms with van der Waals surface area (Å²) in [4.78, 5) is 0. The van der Waals surface area contributed by atoms with Crippen LogP contribution in [-0.2, 0) is 0 Å². The van der Waals surface area contributed by atoms with Crippen LogP contribution in [0.2, 0.25) is 0 Å². The minimum atomic E-state index is 0.635. The molecule has 1 aromatic carbocycles. The predicted molar refractivity (Wildman–Crippen MR) is 50.8 cm³/mol. The molecule has 0 heterocycles. The lowest BCUT2D eigenvalue weighted by molar-refractivity contribution is 0.324. The molecular formula is C10H14O3. The fourth-order valence-electron chi connectivity index (χ4n) is 1.21. The van der Waals surface area contributed by atoms with E-state index < -0.39 is 0 Å². The number of rotatable bonds is 3. The summed E-state index contributed by atoms with van der Waals surface area (Å²) in [6.07, 6.45) is 0. The second-order valence-corrected chi connectivity index (χ2v) is 2.70. The highest BCUT2D eigenvalue weighted by atomic mass is 18.3. The van der Waals surface area contributed by atoms with Crippen molar-refractivity contribution in [3.05, 3.63) is 17.7 Å². The lowest BCUT2D eigenvalue weighted by atomic mass is 10.2. The van der Waals surface area contributed by atoms with Crippen LogP contribution in [0.5, 0.6) is 17.2 Å². The van der Waals surface area contributed by atoms with Crippen LogP contribution in [0, 0.1) is 6.92 Å². The normalized spacial score (nSPS) is 9.54. The summed E-state index contributed by atoms with van der Waals surface area (Å²) in [5, 5.41) is 0. The summed E-state index contributed by atoms with van der Waals surface area (Å²) in [6, 6.07) is 3.81. The molecule has 0 unspecified atom stereocenters. The van der Waals surface area contributed by atoms with Gasteiger partial charge in [0.1, 0.15) is 0 Å². The highest BCUT2D eigenvalue weighted by Crippen LogP contribution is 2.37. The quantitative estimate of drug-likeness (QED) is 0.672. The maximum absolute atomic E-state index is 5.16. The Morgan fingerprint density at radius 3 is 2.31 bits per heavy atom. The third kappa shape index (κ3) is 1.86. The Morgan fingerprint density at radius 1 is 1.15 bits per heavy atom. The van der Waals surface area contributed by atoms with Crippen LogP contribution in [0.3, 0.4) is 0 Å². The third-order valence-electron chi connectivity index (χ3n) is 1.81. The smallest absolute Gasteiger partial charge is 0.203 e. The molecule has 0 atom stereocenters. The summed E-state index contributed by atoms with van der Waals surface area (Å²) < 4.78 is 15.5. The van der Waals surface area contributed by atoms with Crippen molar-refractivity contribution in [1.29, 1.82) is 0 Å². The molecule has 0 fully saturated rings. The molecule has 0 saturated carbocycles. The van der Waals surface area contributed by atoms with Gasteiger partial charge >= 0.3 is 0 Å². The van der Waals surface area contributed by atoms with Gasteiger partial charge in [-0.15, -0.1) is 0 Å². The molecule has 0 spiro atoms. The third-order valence-corrected chi connectivity index (χ3v) is 1.81. The van der Waals surface area contributed by atoms with E-state index in [0.29, 0.717) is 17.2 Å². The van der Waals surface area contributed by atoms with Crippen molar-refractivity contribution in [1.82, 2.24) is 0 Å². The van der Waals surface area contributed by atoms with Gasteiger partial charge in [-0.05, 0) is 24.6 Å². The van der Waals surface area contributed by atoms with Crippen molar-refractivity contribution >= 4 is 0 Å². The van der Waals surface area contributed by atoms with Gasteiger partial charge in [-0.3, -0.25) is 0 Å². The monoisotopic (exact) mass is 184 g/mol. The van der Waals surface area contributed by atoms with Gasteiger partial charge in [0.25, 0.3) is 0 Å². The van der Waals surface area contributed by atoms with Crippen molar-refractivity contribution in [3.8, 4) is 17.2 Å². The first kappa shape index (κ1) is 9.71. The molecule has 0 aliphatic carbocycles. The van der Waals surface area contributed by atoms with Crippen molar-refractivity contribution in [2.24, 2.45) is 0 Å². The van der Waals surface area contributed by atoms with Gasteiger partial charge in [-0.2, -0.15) is 0 Å². The fraction of sp³-hybridized carbons (Fsp3) is 0.400. The van der Waals surface area contributed by atoms with E-state index in [0.717, 1.165) is 5.56 Å². The Kier molecular flexibility index (Phi) is 3.01. The van der Waals surface area contributed by atoms with Gasteiger partial charge in [0.05, 0.1) is 21.3 Å². The number of methoxy groups -OCH3 is 3. The maximum Gasteiger partial charge on any atom is 0.203 e. The minimum Gasteiger partial charge on any atom is -0.493 e. The predicted octanol–water partition coefficient (Wildman–Crippen LogP) is 2.02. The number of hydrogen-bond donors (Lipinski definition) is 0. The van der Waals surface area contributed by atoms with Gasteiger partial charge in [-0.25, -0.2) is 0 Å². The van der Waals surface area contributed by atoms with Crippen LogP contribution in [0.1, 0.15) is 5.56 Å². The first-order valence-corrected chi connectivity index (χ1v) is 3.99. The van der Waals surface area contributed by atoms with E-state index in [1.807, 2.05) is 19.1 Å². The van der Waals surface area contributed by atoms with E-state index in [4.69, 9.17) is 14.2 Å². The highest BCUT2D eigenvalue weighted by molar-refractivity contribution is 5.53. The average molecular weight is 184 g/mol. The lowest BCUT2D eigenvalue weighted by Gasteiger charge is -2.12. The topological polar surface area (TPSA) is 27.7 Å². The zero-order valence-corrected chi connectivity index (χ0v) is 8.38. The van der Waals surface area contributed by atoms with Crippen molar-refractivity contribution < 1.29 is 14.2 Å². The van der Waals surface area contributed by atoms with Gasteiger partial charge in [-0.1, -0.05) is 0 Å². The minimum absolute atomic E-state index is 0.635. The van der Waals surface area contributed by atoms with Crippen LogP contribution in [-0.4, -0.2) is 21.3 Å². The molecular weight excluding hydrogens is 170 g/mol. The molecule has 1 rings (SSSR count). The van der Waals surface area contributed by atoms with Crippen molar-refractivity contribution in [2.75, 3.05) is 21.3 Å². The molecule has 0 amide bonds. The first-order chi connectivity index (χ1) is 6.22. The molecule has 0 radical (unpaired) electrons. The summed E-state index contributed by atoms with van der Waals surface area (Å²) >= 11 is 0. The summed E-state index contributed by atoms with van der Waals surface area (Å²) in [7, 11) is 4.81. The molecule has 1 aromatic rings. The zero-order chi connectivity index (χ0) is 9.84. The van der Waals surface area contributed by atoms with E-state index in [1.54, 1.807) is 21.3 Å². The number of hydrogen-bond acceptors (Lipinski definition) is 3. The van der Waals surface area contributed by atoms with Crippen molar-refractivity contribution in [3.63, 3.8) is 0 Å². The van der Waals surface area contributed by atoms with Crippen molar-refractivity contribution in [2.45, 2.75) is 6.92 Å². The van der Waals surface area contributed by atoms with Crippen LogP contribution in [0.15, 0.2) is 12.1 Å². The Morgan fingerprint density at radius 2 is 1.85 bits per heavy atom. The van der Waals surface area contributed by atoms with E-state index in [9.17, 15) is 0 Å². The van der Waals surface area contributed by atoms with Crippen LogP contribution in [0.25, 0.3) is 0 Å². The van der Waals surface area contributed by atoms with E-state index in [-0.39, 0.29) is 0 Å². The Bertz CT molecular complexity index is 269. The molecule has 0 aromatic heterocycles. The Balaban J connectivity index is 3.25. The highest BCUT2D eigenvalue weighted by Gasteiger charge is 2.10. The molecule has 0 aliphatic heterocycles. The second kappa shape index (κ2) is 4.03. The largest absolute Gasteiger partial charge is 0.493 e. The average Bonchev–Trinajstić information content (AvgIpc) is 2.16. The molecule has 3 nitrogen and oxygen atoms in total. The molecule has 72 valence electrons. The van der Waals surface area contributed by atoms with Crippen LogP contribution >= 0.6 is 0 Å². The van der Waals surface area contributed by atoms with Gasteiger partial charge in [0.2, 0.25) is 5.75 Å². The van der Waals surface area contributed by atoms with Gasteiger partial charge in [0.15, 0.2) is 11.5 Å². The van der Waals surface area contributed by atoms with E-state index in [2.05, 4.69) is 0 Å². The standard InChI is InChI=1S/C10H14O3/c1-7-5-8(11-2)10(13-4)9(6-7)12-3/h5-6H,1-4H3/i11+2. The molecule has 0 N–H and O–H groups in total. The number of ether oxygens (including phenoxy) is 3. The lowest BCUT2D eigenvalue weighted by Crippen LogP contribution is -1.95. The van der Waals surface area contributed by atoms with Crippen LogP contribution < -0.4 is 14.2 Å². The Labute approximate surface area is 78.2 Å². The molecule has 3 heteroatoms. The summed E-state index contributed by atoms with van der Waals surface area (Å²) in [6.45, 7) is 1.98. The summed E-state index contributed by atoms with van der Waals surface area (Å²) in [5.41, 5.74) is 1.08. The molecule has 0 bridgehead atoms. The Hall–Kier alpha value is -1.38. The molecule has 13 heavy (non-hydrogen) atoms. The van der Waals surface area contributed by atoms with E-state index >= 15 is 0 Å². The molecule has 0 aliphatic rings. The van der Waals surface area contributed by atoms with Gasteiger partial charge < -0.3 is 14.2 Å². The van der Waals surface area contributed by atoms with Crippen LogP contribution in [0.4, 0.5) is 0 Å². The first-order valence-electron chi connectivity index (χ1n) is 3.99. The summed E-state index contributed by atoms with van der Waals surface area (Å²) in [5.74, 6) is 2.02. The zero-order valence-electron chi connectivity index (χ0n) is 8.38. The number of aryl methyl sites for hydroxylation is 1. The SMILES string of the molecule is COc1cc(C)cc([18O]C)c1OC.